The molecule has 0 radical (unpaired) electrons. The molecule has 2 nitrogen and oxygen atoms in total. The molecule has 19 rings (SSSR count). The van der Waals surface area contributed by atoms with Gasteiger partial charge in [0.05, 0.1) is 0 Å². The molecule has 0 aliphatic carbocycles. The molecule has 0 amide bonds. The summed E-state index contributed by atoms with van der Waals surface area (Å²) in [5.74, 6) is 0. The first kappa shape index (κ1) is 70.7. The first-order chi connectivity index (χ1) is 56.5. The number of benzene rings is 19. The Morgan fingerprint density at radius 2 is 0.298 bits per heavy atom. The lowest BCUT2D eigenvalue weighted by atomic mass is 9.90. The van der Waals surface area contributed by atoms with Crippen molar-refractivity contribution in [2.24, 2.45) is 0 Å². The molecule has 0 saturated carbocycles. The minimum absolute atomic E-state index is 1.09. The molecular formula is C112H80N2. The number of nitrogens with zero attached hydrogens (tertiary/aromatic N) is 2. The molecule has 0 unspecified atom stereocenters. The maximum absolute atomic E-state index is 2.38. The normalized spacial score (nSPS) is 11.0. The summed E-state index contributed by atoms with van der Waals surface area (Å²) in [4.78, 5) is 4.75. The predicted molar refractivity (Wildman–Crippen MR) is 485 cm³/mol. The number of rotatable bonds is 18. The maximum atomic E-state index is 2.38. The van der Waals surface area contributed by atoms with Gasteiger partial charge >= 0.3 is 0 Å². The first-order valence-corrected chi connectivity index (χ1v) is 39.1. The molecule has 0 spiro atoms. The van der Waals surface area contributed by atoms with E-state index in [1.807, 2.05) is 0 Å². The van der Waals surface area contributed by atoms with Crippen molar-refractivity contribution in [3.63, 3.8) is 0 Å². The van der Waals surface area contributed by atoms with Crippen LogP contribution in [0.3, 0.4) is 0 Å². The van der Waals surface area contributed by atoms with Gasteiger partial charge in [0, 0.05) is 34.1 Å². The minimum atomic E-state index is 1.09. The molecule has 0 saturated heterocycles. The van der Waals surface area contributed by atoms with Gasteiger partial charge in [-0.05, 0) is 217 Å². The van der Waals surface area contributed by atoms with Crippen LogP contribution in [0.4, 0.5) is 34.1 Å². The van der Waals surface area contributed by atoms with Crippen LogP contribution in [0.5, 0.6) is 0 Å². The molecular weight excluding hydrogens is 1370 g/mol. The van der Waals surface area contributed by atoms with Crippen molar-refractivity contribution in [1.82, 2.24) is 0 Å². The summed E-state index contributed by atoms with van der Waals surface area (Å²) in [6.07, 6.45) is 0. The predicted octanol–water partition coefficient (Wildman–Crippen LogP) is 31.5. The van der Waals surface area contributed by atoms with Gasteiger partial charge in [0.1, 0.15) is 0 Å². The van der Waals surface area contributed by atoms with Crippen LogP contribution in [0.15, 0.2) is 485 Å². The van der Waals surface area contributed by atoms with E-state index in [4.69, 9.17) is 0 Å². The zero-order valence-corrected chi connectivity index (χ0v) is 63.1. The zero-order valence-electron chi connectivity index (χ0n) is 63.1. The topological polar surface area (TPSA) is 6.48 Å². The van der Waals surface area contributed by atoms with E-state index in [1.54, 1.807) is 0 Å². The summed E-state index contributed by atoms with van der Waals surface area (Å²) >= 11 is 0. The van der Waals surface area contributed by atoms with Crippen LogP contribution in [0.1, 0.15) is 0 Å². The molecule has 0 N–H and O–H groups in total. The third-order valence-electron chi connectivity index (χ3n) is 21.7. The van der Waals surface area contributed by atoms with Gasteiger partial charge < -0.3 is 9.80 Å². The molecule has 0 bridgehead atoms. The summed E-state index contributed by atoms with van der Waals surface area (Å²) in [7, 11) is 0. The van der Waals surface area contributed by atoms with Crippen molar-refractivity contribution in [3.05, 3.63) is 485 Å². The third-order valence-corrected chi connectivity index (χ3v) is 21.7. The Morgan fingerprint density at radius 3 is 0.579 bits per heavy atom. The SMILES string of the molecule is c1ccc(-c2ccc(-c3ccc(N(c4ccc(-c5ccc(-c6ccccc6)cc5)cc4)c4ccc(-c5cccc6ccccc56)c(-c5ccccc5)c4)cc3)cc2)cc1.c1ccc(-c2ccc(-c3ccc(N(c4ccc(-c5ccc(-c6ccccc6)cc5)cc4)c4ccc(-c5ccccc5)c(-c5ccccc5)c4)cc3)cc2)cc1. The van der Waals surface area contributed by atoms with Crippen LogP contribution < -0.4 is 9.80 Å². The van der Waals surface area contributed by atoms with Crippen molar-refractivity contribution in [1.29, 1.82) is 0 Å². The van der Waals surface area contributed by atoms with Crippen molar-refractivity contribution in [3.8, 4) is 134 Å². The molecule has 114 heavy (non-hydrogen) atoms. The average Bonchev–Trinajstić information content (AvgIpc) is 0.772. The van der Waals surface area contributed by atoms with E-state index in [1.165, 1.54) is 144 Å². The highest BCUT2D eigenvalue weighted by Crippen LogP contribution is 2.46. The molecule has 19 aromatic rings. The zero-order chi connectivity index (χ0) is 76.2. The summed E-state index contributed by atoms with van der Waals surface area (Å²) < 4.78 is 0. The Kier molecular flexibility index (Phi) is 20.5. The van der Waals surface area contributed by atoms with E-state index in [0.717, 1.165) is 34.1 Å². The Morgan fingerprint density at radius 1 is 0.105 bits per heavy atom. The molecule has 19 aromatic carbocycles. The van der Waals surface area contributed by atoms with Gasteiger partial charge in [-0.3, -0.25) is 0 Å². The lowest BCUT2D eigenvalue weighted by Crippen LogP contribution is -2.10. The van der Waals surface area contributed by atoms with Gasteiger partial charge in [-0.25, -0.2) is 0 Å². The fraction of sp³-hybridized carbons (Fsp3) is 0. The highest BCUT2D eigenvalue weighted by molar-refractivity contribution is 6.02. The second-order valence-electron chi connectivity index (χ2n) is 28.7. The van der Waals surface area contributed by atoms with Gasteiger partial charge in [-0.1, -0.05) is 413 Å². The van der Waals surface area contributed by atoms with Gasteiger partial charge in [0.25, 0.3) is 0 Å². The van der Waals surface area contributed by atoms with Crippen molar-refractivity contribution in [2.75, 3.05) is 9.80 Å². The summed E-state index contributed by atoms with van der Waals surface area (Å²) in [5, 5.41) is 2.48. The summed E-state index contributed by atoms with van der Waals surface area (Å²) in [6, 6.07) is 175. The van der Waals surface area contributed by atoms with Gasteiger partial charge in [0.2, 0.25) is 0 Å². The van der Waals surface area contributed by atoms with Crippen LogP contribution in [-0.2, 0) is 0 Å². The van der Waals surface area contributed by atoms with Crippen LogP contribution >= 0.6 is 0 Å². The van der Waals surface area contributed by atoms with Gasteiger partial charge in [-0.15, -0.1) is 0 Å². The first-order valence-electron chi connectivity index (χ1n) is 39.1. The number of hydrogen-bond acceptors (Lipinski definition) is 2. The van der Waals surface area contributed by atoms with Crippen LogP contribution in [0.25, 0.3) is 144 Å². The third kappa shape index (κ3) is 15.5. The molecule has 0 aliphatic heterocycles. The van der Waals surface area contributed by atoms with Crippen LogP contribution in [0, 0.1) is 0 Å². The van der Waals surface area contributed by atoms with Crippen LogP contribution in [-0.4, -0.2) is 0 Å². The Labute approximate surface area is 669 Å². The van der Waals surface area contributed by atoms with E-state index >= 15 is 0 Å². The number of hydrogen-bond donors (Lipinski definition) is 0. The summed E-state index contributed by atoms with van der Waals surface area (Å²) in [5.41, 5.74) is 35.4. The number of fused-ring (bicyclic) bond motifs is 1. The fourth-order valence-electron chi connectivity index (χ4n) is 15.7. The van der Waals surface area contributed by atoms with E-state index in [0.29, 0.717) is 0 Å². The average molecular weight is 1450 g/mol. The maximum Gasteiger partial charge on any atom is 0.0468 e. The van der Waals surface area contributed by atoms with E-state index < -0.39 is 0 Å². The largest absolute Gasteiger partial charge is 0.310 e. The molecule has 0 fully saturated rings. The Balaban J connectivity index is 0.000000159. The Bertz CT molecular complexity index is 6120. The van der Waals surface area contributed by atoms with E-state index in [-0.39, 0.29) is 0 Å². The second kappa shape index (κ2) is 33.1. The summed E-state index contributed by atoms with van der Waals surface area (Å²) in [6.45, 7) is 0. The van der Waals surface area contributed by atoms with Crippen molar-refractivity contribution >= 4 is 44.9 Å². The molecule has 0 heterocycles. The monoisotopic (exact) mass is 1450 g/mol. The van der Waals surface area contributed by atoms with Crippen molar-refractivity contribution < 1.29 is 0 Å². The van der Waals surface area contributed by atoms with Crippen LogP contribution in [0.2, 0.25) is 0 Å². The molecule has 538 valence electrons. The van der Waals surface area contributed by atoms with Gasteiger partial charge in [0.15, 0.2) is 0 Å². The Hall–Kier alpha value is -15.0. The van der Waals surface area contributed by atoms with E-state index in [2.05, 4.69) is 495 Å². The molecule has 0 atom stereocenters. The lowest BCUT2D eigenvalue weighted by Gasteiger charge is -2.27. The number of anilines is 6. The van der Waals surface area contributed by atoms with E-state index in [9.17, 15) is 0 Å². The molecule has 2 heteroatoms. The van der Waals surface area contributed by atoms with Gasteiger partial charge in [-0.2, -0.15) is 0 Å². The fourth-order valence-corrected chi connectivity index (χ4v) is 15.7. The molecule has 0 aromatic heterocycles. The quantitative estimate of drug-likeness (QED) is 0.0845. The lowest BCUT2D eigenvalue weighted by molar-refractivity contribution is 1.28. The molecule has 0 aliphatic rings. The minimum Gasteiger partial charge on any atom is -0.310 e. The van der Waals surface area contributed by atoms with Crippen molar-refractivity contribution in [2.45, 2.75) is 0 Å². The smallest absolute Gasteiger partial charge is 0.0468 e. The second-order valence-corrected chi connectivity index (χ2v) is 28.7. The highest BCUT2D eigenvalue weighted by Gasteiger charge is 2.21. The highest BCUT2D eigenvalue weighted by atomic mass is 15.1. The standard InChI is InChI=1S/C58H41N.C54H39N/c1-4-13-42(14-5-1)44-23-27-46(28-24-44)48-31-35-52(36-32-48)59(53-37-33-49(34-38-53)47-29-25-45(26-30-47)43-15-6-2-7-16-43)54-39-40-57(58(41-54)51-17-8-3-9-18-51)56-22-12-20-50-19-10-11-21-55(50)56;1-5-13-40(14-6-1)42-21-25-44(26-22-42)46-29-33-50(34-30-46)55(51-35-31-47(32-36-51)45-27-23-43(24-28-45)41-15-7-2-8-16-41)52-37-38-53(48-17-9-3-10-18-48)54(39-52)49-19-11-4-12-20-49/h1-41H;1-39H.